The molecule has 5 nitrogen and oxygen atoms in total. The Kier molecular flexibility index (Phi) is 5.58. The van der Waals surface area contributed by atoms with Crippen LogP contribution in [0.15, 0.2) is 18.2 Å². The molecule has 1 aromatic carbocycles. The molecule has 1 atom stereocenters. The highest BCUT2D eigenvalue weighted by atomic mass is 32.2. The first-order valence-corrected chi connectivity index (χ1v) is 6.95. The molecule has 0 aromatic heterocycles. The van der Waals surface area contributed by atoms with Gasteiger partial charge in [-0.05, 0) is 37.6 Å². The Balaban J connectivity index is 2.74. The van der Waals surface area contributed by atoms with Gasteiger partial charge in [0.2, 0.25) is 11.3 Å². The molecular weight excluding hydrogens is 250 g/mol. The summed E-state index contributed by atoms with van der Waals surface area (Å²) in [5.41, 5.74) is 8.71. The summed E-state index contributed by atoms with van der Waals surface area (Å²) in [6, 6.07) is 5.80. The molecule has 0 saturated carbocycles. The highest BCUT2D eigenvalue weighted by molar-refractivity contribution is 7.76. The lowest BCUT2D eigenvalue weighted by atomic mass is 10.1. The van der Waals surface area contributed by atoms with E-state index in [0.717, 1.165) is 23.5 Å². The van der Waals surface area contributed by atoms with Gasteiger partial charge in [-0.2, -0.15) is 0 Å². The summed E-state index contributed by atoms with van der Waals surface area (Å²) in [6.07, 6.45) is 0. The molecule has 1 rings (SSSR count). The summed E-state index contributed by atoms with van der Waals surface area (Å²) in [7, 11) is 1.62. The molecule has 6 heteroatoms. The van der Waals surface area contributed by atoms with Crippen LogP contribution in [0.3, 0.4) is 0 Å². The van der Waals surface area contributed by atoms with Gasteiger partial charge in [0, 0.05) is 38.1 Å². The normalized spacial score (nSPS) is 12.7. The number of nitrogens with two attached hydrogens (primary N) is 1. The monoisotopic (exact) mass is 271 g/mol. The minimum atomic E-state index is -1.91. The Morgan fingerprint density at radius 3 is 2.56 bits per heavy atom. The zero-order chi connectivity index (χ0) is 13.7. The van der Waals surface area contributed by atoms with Crippen LogP contribution >= 0.6 is 0 Å². The van der Waals surface area contributed by atoms with Crippen LogP contribution in [0.1, 0.15) is 12.5 Å². The molecule has 0 bridgehead atoms. The Hall–Kier alpha value is -1.11. The number of nitrogen functional groups attached to an aromatic ring is 1. The fourth-order valence-corrected chi connectivity index (χ4v) is 2.06. The molecule has 1 unspecified atom stereocenters. The second-order valence-corrected chi connectivity index (χ2v) is 5.29. The topological polar surface area (TPSA) is 69.8 Å². The number of aryl methyl sites for hydroxylation is 1. The SMILES string of the molecule is CCN(CCN(C)S(=O)O)c1ccc(N)cc1C. The van der Waals surface area contributed by atoms with E-state index in [1.807, 2.05) is 25.1 Å². The number of nitrogens with zero attached hydrogens (tertiary/aromatic N) is 2. The molecule has 0 aliphatic rings. The first kappa shape index (κ1) is 14.9. The molecule has 0 spiro atoms. The van der Waals surface area contributed by atoms with Gasteiger partial charge in [0.25, 0.3) is 0 Å². The van der Waals surface area contributed by atoms with Gasteiger partial charge >= 0.3 is 0 Å². The zero-order valence-electron chi connectivity index (χ0n) is 11.1. The predicted molar refractivity (Wildman–Crippen MR) is 76.9 cm³/mol. The summed E-state index contributed by atoms with van der Waals surface area (Å²) in [5.74, 6) is 0. The van der Waals surface area contributed by atoms with Gasteiger partial charge in [-0.15, -0.1) is 0 Å². The van der Waals surface area contributed by atoms with Gasteiger partial charge in [0.15, 0.2) is 0 Å². The van der Waals surface area contributed by atoms with Crippen LogP contribution in [0.2, 0.25) is 0 Å². The van der Waals surface area contributed by atoms with E-state index in [1.165, 1.54) is 4.31 Å². The van der Waals surface area contributed by atoms with E-state index in [1.54, 1.807) is 7.05 Å². The third kappa shape index (κ3) is 3.97. The molecule has 0 fully saturated rings. The van der Waals surface area contributed by atoms with Gasteiger partial charge in [-0.3, -0.25) is 4.55 Å². The number of rotatable bonds is 6. The molecule has 18 heavy (non-hydrogen) atoms. The summed E-state index contributed by atoms with van der Waals surface area (Å²) >= 11 is -1.91. The smallest absolute Gasteiger partial charge is 0.234 e. The molecular formula is C12H21N3O2S. The van der Waals surface area contributed by atoms with Gasteiger partial charge in [0.05, 0.1) is 0 Å². The Labute approximate surface area is 111 Å². The van der Waals surface area contributed by atoms with E-state index in [0.29, 0.717) is 13.1 Å². The number of likely N-dealkylation sites (N-methyl/N-ethyl adjacent to an activating group) is 2. The number of hydrogen-bond acceptors (Lipinski definition) is 3. The molecule has 0 heterocycles. The van der Waals surface area contributed by atoms with Crippen LogP contribution in [0.4, 0.5) is 11.4 Å². The lowest BCUT2D eigenvalue weighted by molar-refractivity contribution is 0.450. The first-order valence-electron chi connectivity index (χ1n) is 5.89. The number of benzene rings is 1. The molecule has 102 valence electrons. The molecule has 1 aromatic rings. The highest BCUT2D eigenvalue weighted by Crippen LogP contribution is 2.22. The minimum absolute atomic E-state index is 0.529. The number of anilines is 2. The highest BCUT2D eigenvalue weighted by Gasteiger charge is 2.10. The van der Waals surface area contributed by atoms with Crippen molar-refractivity contribution in [2.24, 2.45) is 0 Å². The van der Waals surface area contributed by atoms with E-state index < -0.39 is 11.3 Å². The van der Waals surface area contributed by atoms with Crippen molar-refractivity contribution in [1.82, 2.24) is 4.31 Å². The third-order valence-electron chi connectivity index (χ3n) is 2.89. The third-order valence-corrected chi connectivity index (χ3v) is 3.61. The van der Waals surface area contributed by atoms with E-state index in [-0.39, 0.29) is 0 Å². The number of hydrogen-bond donors (Lipinski definition) is 2. The Morgan fingerprint density at radius 1 is 1.39 bits per heavy atom. The van der Waals surface area contributed by atoms with E-state index in [2.05, 4.69) is 11.8 Å². The van der Waals surface area contributed by atoms with Crippen molar-refractivity contribution in [3.05, 3.63) is 23.8 Å². The largest absolute Gasteiger partial charge is 0.399 e. The lowest BCUT2D eigenvalue weighted by Crippen LogP contribution is -2.34. The van der Waals surface area contributed by atoms with Crippen LogP contribution in [0, 0.1) is 6.92 Å². The fourth-order valence-electron chi connectivity index (χ4n) is 1.82. The Bertz CT molecular complexity index is 426. The fraction of sp³-hybridized carbons (Fsp3) is 0.500. The van der Waals surface area contributed by atoms with Crippen LogP contribution in [0.5, 0.6) is 0 Å². The lowest BCUT2D eigenvalue weighted by Gasteiger charge is -2.26. The van der Waals surface area contributed by atoms with Gasteiger partial charge in [-0.1, -0.05) is 0 Å². The first-order chi connectivity index (χ1) is 8.45. The van der Waals surface area contributed by atoms with Crippen molar-refractivity contribution in [3.8, 4) is 0 Å². The maximum Gasteiger partial charge on any atom is 0.234 e. The van der Waals surface area contributed by atoms with Crippen LogP contribution in [-0.4, -0.2) is 39.7 Å². The molecule has 0 aliphatic carbocycles. The standard InChI is InChI=1S/C12H21N3O2S/c1-4-15(8-7-14(3)18(16)17)12-6-5-11(13)9-10(12)2/h5-6,9H,4,7-8,13H2,1-3H3,(H,16,17). The summed E-state index contributed by atoms with van der Waals surface area (Å²) in [5, 5.41) is 0. The average molecular weight is 271 g/mol. The summed E-state index contributed by atoms with van der Waals surface area (Å²) in [6.45, 7) is 6.15. The predicted octanol–water partition coefficient (Wildman–Crippen LogP) is 1.47. The molecule has 0 saturated heterocycles. The molecule has 0 amide bonds. The maximum atomic E-state index is 10.9. The summed E-state index contributed by atoms with van der Waals surface area (Å²) < 4.78 is 21.2. The molecule has 3 N–H and O–H groups in total. The molecule has 0 aliphatic heterocycles. The molecule has 0 radical (unpaired) electrons. The second kappa shape index (κ2) is 6.72. The van der Waals surface area contributed by atoms with E-state index in [9.17, 15) is 4.21 Å². The van der Waals surface area contributed by atoms with Crippen molar-refractivity contribution in [2.75, 3.05) is 37.3 Å². The quantitative estimate of drug-likeness (QED) is 0.607. The average Bonchev–Trinajstić information content (AvgIpc) is 2.31. The van der Waals surface area contributed by atoms with Crippen molar-refractivity contribution in [2.45, 2.75) is 13.8 Å². The van der Waals surface area contributed by atoms with Crippen molar-refractivity contribution >= 4 is 22.6 Å². The van der Waals surface area contributed by atoms with Gasteiger partial charge in [-0.25, -0.2) is 8.51 Å². The van der Waals surface area contributed by atoms with E-state index in [4.69, 9.17) is 10.3 Å². The van der Waals surface area contributed by atoms with Gasteiger partial charge < -0.3 is 10.6 Å². The summed E-state index contributed by atoms with van der Waals surface area (Å²) in [4.78, 5) is 2.16. The van der Waals surface area contributed by atoms with Crippen molar-refractivity contribution in [3.63, 3.8) is 0 Å². The van der Waals surface area contributed by atoms with E-state index >= 15 is 0 Å². The van der Waals surface area contributed by atoms with Crippen LogP contribution < -0.4 is 10.6 Å². The minimum Gasteiger partial charge on any atom is -0.399 e. The maximum absolute atomic E-state index is 10.9. The van der Waals surface area contributed by atoms with Crippen molar-refractivity contribution < 1.29 is 8.76 Å². The van der Waals surface area contributed by atoms with Crippen LogP contribution in [-0.2, 0) is 11.3 Å². The van der Waals surface area contributed by atoms with Crippen LogP contribution in [0.25, 0.3) is 0 Å². The van der Waals surface area contributed by atoms with Crippen molar-refractivity contribution in [1.29, 1.82) is 0 Å². The second-order valence-electron chi connectivity index (χ2n) is 4.21. The zero-order valence-corrected chi connectivity index (χ0v) is 11.9. The Morgan fingerprint density at radius 2 is 2.06 bits per heavy atom. The van der Waals surface area contributed by atoms with Gasteiger partial charge in [0.1, 0.15) is 0 Å².